The molecule has 2 heterocycles. The molecule has 0 amide bonds. The largest absolute Gasteiger partial charge is 0.330 e. The first-order valence-corrected chi connectivity index (χ1v) is 6.18. The molecule has 0 spiro atoms. The summed E-state index contributed by atoms with van der Waals surface area (Å²) < 4.78 is 1.06. The number of hydrogen-bond donors (Lipinski definition) is 1. The van der Waals surface area contributed by atoms with Crippen molar-refractivity contribution in [3.05, 3.63) is 34.0 Å². The average molecular weight is 284 g/mol. The zero-order valence-electron chi connectivity index (χ0n) is 7.98. The molecule has 0 saturated heterocycles. The highest BCUT2D eigenvalue weighted by Gasteiger charge is 2.09. The fraction of sp³-hybridized carbons (Fsp3) is 0.200. The lowest BCUT2D eigenvalue weighted by molar-refractivity contribution is 0.931. The van der Waals surface area contributed by atoms with E-state index in [0.717, 1.165) is 26.5 Å². The second kappa shape index (κ2) is 4.83. The summed E-state index contributed by atoms with van der Waals surface area (Å²) >= 11 is 5.11. The molecule has 2 aromatic rings. The molecule has 0 saturated carbocycles. The number of hydrogen-bond acceptors (Lipinski definition) is 4. The smallest absolute Gasteiger partial charge is 0.126 e. The fourth-order valence-electron chi connectivity index (χ4n) is 1.24. The lowest BCUT2D eigenvalue weighted by Crippen LogP contribution is -2.03. The Hall–Kier alpha value is -0.780. The van der Waals surface area contributed by atoms with E-state index in [1.165, 1.54) is 0 Å². The van der Waals surface area contributed by atoms with Crippen molar-refractivity contribution in [2.45, 2.75) is 6.42 Å². The molecule has 3 nitrogen and oxygen atoms in total. The van der Waals surface area contributed by atoms with Gasteiger partial charge in [-0.3, -0.25) is 4.98 Å². The Labute approximate surface area is 101 Å². The Morgan fingerprint density at radius 2 is 2.33 bits per heavy atom. The van der Waals surface area contributed by atoms with Crippen LogP contribution in [0.2, 0.25) is 0 Å². The Bertz CT molecular complexity index is 441. The third kappa shape index (κ3) is 2.42. The zero-order chi connectivity index (χ0) is 10.7. The number of aromatic nitrogens is 2. The summed E-state index contributed by atoms with van der Waals surface area (Å²) in [4.78, 5) is 8.59. The van der Waals surface area contributed by atoms with Crippen LogP contribution in [0.3, 0.4) is 0 Å². The molecule has 2 aromatic heterocycles. The van der Waals surface area contributed by atoms with Gasteiger partial charge < -0.3 is 5.73 Å². The summed E-state index contributed by atoms with van der Waals surface area (Å²) in [5, 5.41) is 0.985. The first-order chi connectivity index (χ1) is 7.31. The van der Waals surface area contributed by atoms with Crippen molar-refractivity contribution in [2.75, 3.05) is 6.54 Å². The SMILES string of the molecule is NCCc1nc(-c2cccnc2)sc1Br. The van der Waals surface area contributed by atoms with Crippen molar-refractivity contribution < 1.29 is 0 Å². The third-order valence-corrected chi connectivity index (χ3v) is 3.82. The number of thiazole rings is 1. The van der Waals surface area contributed by atoms with Crippen molar-refractivity contribution in [1.82, 2.24) is 9.97 Å². The van der Waals surface area contributed by atoms with Crippen LogP contribution in [0.4, 0.5) is 0 Å². The molecule has 0 aliphatic heterocycles. The number of halogens is 1. The highest BCUT2D eigenvalue weighted by Crippen LogP contribution is 2.31. The Morgan fingerprint density at radius 3 is 3.00 bits per heavy atom. The Morgan fingerprint density at radius 1 is 1.47 bits per heavy atom. The van der Waals surface area contributed by atoms with Gasteiger partial charge in [-0.05, 0) is 34.6 Å². The van der Waals surface area contributed by atoms with Gasteiger partial charge in [-0.25, -0.2) is 4.98 Å². The maximum absolute atomic E-state index is 5.51. The first-order valence-electron chi connectivity index (χ1n) is 4.57. The van der Waals surface area contributed by atoms with Crippen LogP contribution in [-0.4, -0.2) is 16.5 Å². The van der Waals surface area contributed by atoms with Crippen LogP contribution >= 0.6 is 27.3 Å². The minimum Gasteiger partial charge on any atom is -0.330 e. The van der Waals surface area contributed by atoms with Crippen LogP contribution in [-0.2, 0) is 6.42 Å². The van der Waals surface area contributed by atoms with Gasteiger partial charge >= 0.3 is 0 Å². The van der Waals surface area contributed by atoms with Gasteiger partial charge in [-0.2, -0.15) is 0 Å². The van der Waals surface area contributed by atoms with Gasteiger partial charge in [0.1, 0.15) is 5.01 Å². The maximum Gasteiger partial charge on any atom is 0.126 e. The van der Waals surface area contributed by atoms with E-state index in [9.17, 15) is 0 Å². The maximum atomic E-state index is 5.51. The van der Waals surface area contributed by atoms with Crippen molar-refractivity contribution in [3.8, 4) is 10.6 Å². The van der Waals surface area contributed by atoms with E-state index < -0.39 is 0 Å². The monoisotopic (exact) mass is 283 g/mol. The van der Waals surface area contributed by atoms with Crippen LogP contribution in [0.25, 0.3) is 10.6 Å². The molecule has 0 aromatic carbocycles. The molecule has 0 atom stereocenters. The van der Waals surface area contributed by atoms with Crippen molar-refractivity contribution in [2.24, 2.45) is 5.73 Å². The Kier molecular flexibility index (Phi) is 3.45. The fourth-order valence-corrected chi connectivity index (χ4v) is 2.81. The second-order valence-corrected chi connectivity index (χ2v) is 5.34. The number of pyridine rings is 1. The summed E-state index contributed by atoms with van der Waals surface area (Å²) in [6, 6.07) is 3.91. The van der Waals surface area contributed by atoms with Gasteiger partial charge in [0.15, 0.2) is 0 Å². The van der Waals surface area contributed by atoms with Crippen molar-refractivity contribution in [1.29, 1.82) is 0 Å². The molecule has 0 radical (unpaired) electrons. The van der Waals surface area contributed by atoms with Crippen LogP contribution in [0.1, 0.15) is 5.69 Å². The van der Waals surface area contributed by atoms with Crippen LogP contribution < -0.4 is 5.73 Å². The van der Waals surface area contributed by atoms with E-state index in [-0.39, 0.29) is 0 Å². The van der Waals surface area contributed by atoms with Crippen molar-refractivity contribution in [3.63, 3.8) is 0 Å². The number of nitrogens with zero attached hydrogens (tertiary/aromatic N) is 2. The molecule has 0 bridgehead atoms. The van der Waals surface area contributed by atoms with Crippen molar-refractivity contribution >= 4 is 27.3 Å². The highest BCUT2D eigenvalue weighted by molar-refractivity contribution is 9.11. The first kappa shape index (κ1) is 10.7. The lowest BCUT2D eigenvalue weighted by atomic mass is 10.3. The highest BCUT2D eigenvalue weighted by atomic mass is 79.9. The molecule has 15 heavy (non-hydrogen) atoms. The molecule has 2 N–H and O–H groups in total. The van der Waals surface area contributed by atoms with E-state index in [0.29, 0.717) is 6.54 Å². The van der Waals surface area contributed by atoms with Crippen LogP contribution in [0, 0.1) is 0 Å². The van der Waals surface area contributed by atoms with Gasteiger partial charge in [-0.1, -0.05) is 0 Å². The molecular weight excluding hydrogens is 274 g/mol. The van der Waals surface area contributed by atoms with E-state index in [4.69, 9.17) is 5.73 Å². The summed E-state index contributed by atoms with van der Waals surface area (Å²) in [6.45, 7) is 0.620. The van der Waals surface area contributed by atoms with Crippen LogP contribution in [0.15, 0.2) is 28.3 Å². The van der Waals surface area contributed by atoms with Crippen LogP contribution in [0.5, 0.6) is 0 Å². The summed E-state index contributed by atoms with van der Waals surface area (Å²) in [5.74, 6) is 0. The van der Waals surface area contributed by atoms with E-state index in [1.807, 2.05) is 18.3 Å². The van der Waals surface area contributed by atoms with Gasteiger partial charge in [0.05, 0.1) is 9.48 Å². The van der Waals surface area contributed by atoms with Gasteiger partial charge in [0, 0.05) is 24.4 Å². The molecule has 2 rings (SSSR count). The summed E-state index contributed by atoms with van der Waals surface area (Å²) in [7, 11) is 0. The van der Waals surface area contributed by atoms with Gasteiger partial charge in [0.2, 0.25) is 0 Å². The molecule has 5 heteroatoms. The zero-order valence-corrected chi connectivity index (χ0v) is 10.4. The van der Waals surface area contributed by atoms with E-state index >= 15 is 0 Å². The number of rotatable bonds is 3. The summed E-state index contributed by atoms with van der Waals surface area (Å²) in [6.07, 6.45) is 4.38. The predicted molar refractivity (Wildman–Crippen MR) is 65.8 cm³/mol. The van der Waals surface area contributed by atoms with Gasteiger partial charge in [0.25, 0.3) is 0 Å². The molecule has 0 fully saturated rings. The normalized spacial score (nSPS) is 10.5. The summed E-state index contributed by atoms with van der Waals surface area (Å²) in [5.41, 5.74) is 7.59. The van der Waals surface area contributed by atoms with E-state index in [2.05, 4.69) is 25.9 Å². The second-order valence-electron chi connectivity index (χ2n) is 3.02. The molecule has 78 valence electrons. The average Bonchev–Trinajstić information content (AvgIpc) is 2.63. The molecule has 0 aliphatic carbocycles. The quantitative estimate of drug-likeness (QED) is 0.942. The minimum absolute atomic E-state index is 0.620. The predicted octanol–water partition coefficient (Wildman–Crippen LogP) is 2.47. The third-order valence-electron chi connectivity index (χ3n) is 1.94. The standard InChI is InChI=1S/C10H10BrN3S/c11-9-8(3-4-12)14-10(15-9)7-2-1-5-13-6-7/h1-2,5-6H,3-4,12H2. The topological polar surface area (TPSA) is 51.8 Å². The minimum atomic E-state index is 0.620. The Balaban J connectivity index is 2.34. The lowest BCUT2D eigenvalue weighted by Gasteiger charge is -1.93. The number of nitrogens with two attached hydrogens (primary N) is 1. The molecule has 0 unspecified atom stereocenters. The van der Waals surface area contributed by atoms with E-state index in [1.54, 1.807) is 17.5 Å². The molecular formula is C10H10BrN3S. The van der Waals surface area contributed by atoms with Gasteiger partial charge in [-0.15, -0.1) is 11.3 Å². The molecule has 0 aliphatic rings.